The van der Waals surface area contributed by atoms with Crippen molar-refractivity contribution in [2.24, 2.45) is 5.92 Å². The van der Waals surface area contributed by atoms with E-state index in [1.165, 1.54) is 0 Å². The summed E-state index contributed by atoms with van der Waals surface area (Å²) in [5, 5.41) is 0. The van der Waals surface area contributed by atoms with E-state index in [1.807, 2.05) is 17.7 Å². The van der Waals surface area contributed by atoms with Crippen molar-refractivity contribution in [2.45, 2.75) is 33.7 Å². The van der Waals surface area contributed by atoms with Gasteiger partial charge in [0.05, 0.1) is 5.69 Å². The van der Waals surface area contributed by atoms with Gasteiger partial charge in [0.2, 0.25) is 0 Å². The van der Waals surface area contributed by atoms with E-state index in [-0.39, 0.29) is 0 Å². The smallest absolute Gasteiger partial charge is 0.200 e. The monoisotopic (exact) mass is 167 g/mol. The molecule has 0 amide bonds. The summed E-state index contributed by atoms with van der Waals surface area (Å²) in [7, 11) is 0. The molecule has 0 atom stereocenters. The Labute approximate surface area is 73.6 Å². The van der Waals surface area contributed by atoms with Crippen LogP contribution in [0.3, 0.4) is 0 Å². The van der Waals surface area contributed by atoms with Crippen molar-refractivity contribution in [2.75, 3.05) is 5.73 Å². The van der Waals surface area contributed by atoms with Crippen LogP contribution in [0.2, 0.25) is 0 Å². The first-order valence-corrected chi connectivity index (χ1v) is 4.39. The number of rotatable bonds is 3. The zero-order valence-electron chi connectivity index (χ0n) is 8.04. The van der Waals surface area contributed by atoms with Crippen LogP contribution in [0.25, 0.3) is 0 Å². The number of hydrogen-bond acceptors (Lipinski definition) is 2. The predicted octanol–water partition coefficient (Wildman–Crippen LogP) is 1.82. The minimum absolute atomic E-state index is 0.633. The maximum Gasteiger partial charge on any atom is 0.200 e. The summed E-state index contributed by atoms with van der Waals surface area (Å²) in [5.74, 6) is 1.35. The highest BCUT2D eigenvalue weighted by Gasteiger charge is 2.01. The van der Waals surface area contributed by atoms with Crippen LogP contribution < -0.4 is 5.73 Å². The van der Waals surface area contributed by atoms with Gasteiger partial charge in [0.1, 0.15) is 0 Å². The third-order valence-corrected chi connectivity index (χ3v) is 1.88. The van der Waals surface area contributed by atoms with E-state index in [4.69, 9.17) is 5.73 Å². The lowest BCUT2D eigenvalue weighted by Crippen LogP contribution is -2.04. The van der Waals surface area contributed by atoms with Gasteiger partial charge in [0, 0.05) is 12.7 Å². The van der Waals surface area contributed by atoms with Crippen LogP contribution in [0, 0.1) is 12.8 Å². The summed E-state index contributed by atoms with van der Waals surface area (Å²) >= 11 is 0. The third-order valence-electron chi connectivity index (χ3n) is 1.88. The first kappa shape index (κ1) is 9.10. The molecule has 0 radical (unpaired) electrons. The standard InChI is InChI=1S/C9H17N3/c1-7(2)4-5-12-6-8(3)11-9(12)10/h6-7H,4-5H2,1-3H3,(H2,10,11). The van der Waals surface area contributed by atoms with Gasteiger partial charge in [-0.3, -0.25) is 0 Å². The van der Waals surface area contributed by atoms with Gasteiger partial charge >= 0.3 is 0 Å². The molecular formula is C9H17N3. The molecule has 1 aromatic heterocycles. The largest absolute Gasteiger partial charge is 0.369 e. The van der Waals surface area contributed by atoms with Crippen molar-refractivity contribution in [3.8, 4) is 0 Å². The molecule has 0 saturated heterocycles. The van der Waals surface area contributed by atoms with Gasteiger partial charge in [-0.05, 0) is 19.3 Å². The highest BCUT2D eigenvalue weighted by Crippen LogP contribution is 2.08. The van der Waals surface area contributed by atoms with E-state index in [0.29, 0.717) is 11.9 Å². The second kappa shape index (κ2) is 3.61. The summed E-state index contributed by atoms with van der Waals surface area (Å²) in [5.41, 5.74) is 6.68. The molecule has 1 aromatic rings. The van der Waals surface area contributed by atoms with Gasteiger partial charge in [-0.2, -0.15) is 0 Å². The SMILES string of the molecule is Cc1cn(CCC(C)C)c(N)n1. The molecule has 68 valence electrons. The zero-order valence-corrected chi connectivity index (χ0v) is 8.04. The van der Waals surface area contributed by atoms with Crippen molar-refractivity contribution >= 4 is 5.95 Å². The van der Waals surface area contributed by atoms with E-state index < -0.39 is 0 Å². The second-order valence-electron chi connectivity index (χ2n) is 3.62. The van der Waals surface area contributed by atoms with Gasteiger partial charge in [-0.15, -0.1) is 0 Å². The summed E-state index contributed by atoms with van der Waals surface area (Å²) in [6.45, 7) is 7.35. The molecule has 3 heteroatoms. The minimum atomic E-state index is 0.633. The van der Waals surface area contributed by atoms with Crippen LogP contribution in [-0.4, -0.2) is 9.55 Å². The maximum absolute atomic E-state index is 5.68. The van der Waals surface area contributed by atoms with Gasteiger partial charge in [-0.1, -0.05) is 13.8 Å². The molecule has 3 nitrogen and oxygen atoms in total. The molecule has 0 saturated carbocycles. The molecule has 0 aliphatic heterocycles. The van der Waals surface area contributed by atoms with E-state index in [0.717, 1.165) is 18.7 Å². The lowest BCUT2D eigenvalue weighted by atomic mass is 10.1. The number of nitrogens with zero attached hydrogens (tertiary/aromatic N) is 2. The highest BCUT2D eigenvalue weighted by atomic mass is 15.1. The Bertz CT molecular complexity index is 250. The number of aryl methyl sites for hydroxylation is 2. The van der Waals surface area contributed by atoms with Crippen molar-refractivity contribution in [1.82, 2.24) is 9.55 Å². The Morgan fingerprint density at radius 1 is 1.58 bits per heavy atom. The van der Waals surface area contributed by atoms with Crippen LogP contribution in [0.1, 0.15) is 26.0 Å². The third kappa shape index (κ3) is 2.26. The number of anilines is 1. The average Bonchev–Trinajstić information content (AvgIpc) is 2.26. The van der Waals surface area contributed by atoms with Crippen LogP contribution in [0.5, 0.6) is 0 Å². The molecule has 0 spiro atoms. The van der Waals surface area contributed by atoms with Crippen molar-refractivity contribution in [1.29, 1.82) is 0 Å². The molecule has 0 aromatic carbocycles. The van der Waals surface area contributed by atoms with E-state index in [2.05, 4.69) is 18.8 Å². The molecule has 0 aliphatic carbocycles. The van der Waals surface area contributed by atoms with Crippen LogP contribution in [0.15, 0.2) is 6.20 Å². The molecule has 1 rings (SSSR count). The quantitative estimate of drug-likeness (QED) is 0.746. The van der Waals surface area contributed by atoms with E-state index in [1.54, 1.807) is 0 Å². The Kier molecular flexibility index (Phi) is 2.74. The van der Waals surface area contributed by atoms with Crippen molar-refractivity contribution in [3.63, 3.8) is 0 Å². The molecule has 0 aliphatic rings. The molecule has 0 bridgehead atoms. The van der Waals surface area contributed by atoms with E-state index >= 15 is 0 Å². The fraction of sp³-hybridized carbons (Fsp3) is 0.667. The second-order valence-corrected chi connectivity index (χ2v) is 3.62. The first-order valence-electron chi connectivity index (χ1n) is 4.39. The summed E-state index contributed by atoms with van der Waals surface area (Å²) in [6, 6.07) is 0. The fourth-order valence-corrected chi connectivity index (χ4v) is 1.14. The highest BCUT2D eigenvalue weighted by molar-refractivity contribution is 5.20. The number of hydrogen-bond donors (Lipinski definition) is 1. The normalized spacial score (nSPS) is 11.0. The van der Waals surface area contributed by atoms with Gasteiger partial charge in [-0.25, -0.2) is 4.98 Å². The zero-order chi connectivity index (χ0) is 9.14. The molecular weight excluding hydrogens is 150 g/mol. The minimum Gasteiger partial charge on any atom is -0.369 e. The Morgan fingerprint density at radius 3 is 2.67 bits per heavy atom. The van der Waals surface area contributed by atoms with E-state index in [9.17, 15) is 0 Å². The first-order chi connectivity index (χ1) is 5.59. The number of nitrogen functional groups attached to an aromatic ring is 1. The topological polar surface area (TPSA) is 43.8 Å². The van der Waals surface area contributed by atoms with Gasteiger partial charge in [0.25, 0.3) is 0 Å². The lowest BCUT2D eigenvalue weighted by molar-refractivity contribution is 0.519. The Balaban J connectivity index is 2.57. The average molecular weight is 167 g/mol. The van der Waals surface area contributed by atoms with Crippen LogP contribution in [0.4, 0.5) is 5.95 Å². The van der Waals surface area contributed by atoms with Crippen molar-refractivity contribution < 1.29 is 0 Å². The number of aromatic nitrogens is 2. The van der Waals surface area contributed by atoms with Crippen LogP contribution in [-0.2, 0) is 6.54 Å². The van der Waals surface area contributed by atoms with Crippen molar-refractivity contribution in [3.05, 3.63) is 11.9 Å². The fourth-order valence-electron chi connectivity index (χ4n) is 1.14. The molecule has 2 N–H and O–H groups in total. The number of imidazole rings is 1. The summed E-state index contributed by atoms with van der Waals surface area (Å²) in [4.78, 5) is 4.13. The maximum atomic E-state index is 5.68. The predicted molar refractivity (Wildman–Crippen MR) is 50.8 cm³/mol. The molecule has 0 fully saturated rings. The number of nitrogens with two attached hydrogens (primary N) is 1. The Hall–Kier alpha value is -0.990. The summed E-state index contributed by atoms with van der Waals surface area (Å²) in [6.07, 6.45) is 3.15. The molecule has 0 unspecified atom stereocenters. The van der Waals surface area contributed by atoms with Crippen LogP contribution >= 0.6 is 0 Å². The van der Waals surface area contributed by atoms with Gasteiger partial charge in [0.15, 0.2) is 5.95 Å². The molecule has 12 heavy (non-hydrogen) atoms. The molecule has 1 heterocycles. The lowest BCUT2D eigenvalue weighted by Gasteiger charge is -2.06. The Morgan fingerprint density at radius 2 is 2.25 bits per heavy atom. The van der Waals surface area contributed by atoms with Gasteiger partial charge < -0.3 is 10.3 Å². The summed E-state index contributed by atoms with van der Waals surface area (Å²) < 4.78 is 2.01.